The second-order valence-corrected chi connectivity index (χ2v) is 16.3. The van der Waals surface area contributed by atoms with Crippen LogP contribution < -0.4 is 10.6 Å². The second kappa shape index (κ2) is 14.2. The molecule has 5 aromatic rings. The van der Waals surface area contributed by atoms with Crippen LogP contribution in [0.5, 0.6) is 0 Å². The van der Waals surface area contributed by atoms with Crippen LogP contribution >= 0.6 is 0 Å². The van der Waals surface area contributed by atoms with Crippen LogP contribution in [-0.4, -0.2) is 72.2 Å². The van der Waals surface area contributed by atoms with Gasteiger partial charge in [-0.15, -0.1) is 0 Å². The first kappa shape index (κ1) is 38.9. The number of amides is 3. The summed E-state index contributed by atoms with van der Waals surface area (Å²) < 4.78 is 75.7. The topological polar surface area (TPSA) is 172 Å². The highest BCUT2D eigenvalue weighted by Crippen LogP contribution is 2.56. The lowest BCUT2D eigenvalue weighted by Gasteiger charge is -2.59. The Labute approximate surface area is 328 Å². The Balaban J connectivity index is 0.818. The molecular weight excluding hydrogens is 765 g/mol. The smallest absolute Gasteiger partial charge is 0.350 e. The van der Waals surface area contributed by atoms with Crippen LogP contribution in [0.25, 0.3) is 22.6 Å². The maximum Gasteiger partial charge on any atom is 0.401 e. The number of carbonyl (C=O) groups is 3. The summed E-state index contributed by atoms with van der Waals surface area (Å²) in [4.78, 5) is 51.4. The van der Waals surface area contributed by atoms with E-state index in [9.17, 15) is 27.6 Å². The Bertz CT molecular complexity index is 2420. The van der Waals surface area contributed by atoms with Crippen molar-refractivity contribution in [1.29, 1.82) is 0 Å². The highest BCUT2D eigenvalue weighted by atomic mass is 19.4. The van der Waals surface area contributed by atoms with Gasteiger partial charge >= 0.3 is 6.18 Å². The largest absolute Gasteiger partial charge is 0.401 e. The van der Waals surface area contributed by atoms with E-state index >= 15 is 8.78 Å². The zero-order valence-corrected chi connectivity index (χ0v) is 31.6. The molecule has 2 aromatic carbocycles. The van der Waals surface area contributed by atoms with Crippen LogP contribution in [0.2, 0.25) is 0 Å². The molecule has 58 heavy (non-hydrogen) atoms. The monoisotopic (exact) mass is 803 g/mol. The van der Waals surface area contributed by atoms with E-state index in [0.29, 0.717) is 23.2 Å². The number of likely N-dealkylation sites (tertiary alicyclic amines) is 1. The summed E-state index contributed by atoms with van der Waals surface area (Å²) in [6.07, 6.45) is 0.562. The lowest BCUT2D eigenvalue weighted by molar-refractivity contribution is -0.182. The predicted octanol–water partition coefficient (Wildman–Crippen LogP) is 6.04. The van der Waals surface area contributed by atoms with Crippen molar-refractivity contribution in [1.82, 2.24) is 45.8 Å². The second-order valence-electron chi connectivity index (χ2n) is 16.3. The molecule has 0 bridgehead atoms. The average Bonchev–Trinajstić information content (AvgIpc) is 3.84. The maximum atomic E-state index is 15.4. The Morgan fingerprint density at radius 3 is 2.43 bits per heavy atom. The van der Waals surface area contributed by atoms with Gasteiger partial charge in [-0.3, -0.25) is 29.7 Å². The van der Waals surface area contributed by atoms with Gasteiger partial charge in [-0.2, -0.15) is 18.3 Å². The SMILES string of the molecule is CC1(c2ccc(C3CC4(C3)CN(Cc3ccc(-c5cnc(-c6cc(C(=O)NCc7nc(C(C)(C)C(F)(F)F)n[nH]7)on6)nc5)c(F)c3)C4)cc2F)CCC(=O)NC1=O. The summed E-state index contributed by atoms with van der Waals surface area (Å²) >= 11 is 0. The van der Waals surface area contributed by atoms with Gasteiger partial charge in [0.1, 0.15) is 22.9 Å². The Morgan fingerprint density at radius 1 is 1.02 bits per heavy atom. The number of rotatable bonds is 10. The minimum absolute atomic E-state index is 0.0143. The molecule has 1 unspecified atom stereocenters. The molecule has 1 spiro atoms. The normalized spacial score (nSPS) is 19.8. The van der Waals surface area contributed by atoms with E-state index in [-0.39, 0.29) is 59.7 Å². The molecule has 13 nitrogen and oxygen atoms in total. The first-order valence-electron chi connectivity index (χ1n) is 18.6. The molecule has 18 heteroatoms. The zero-order chi connectivity index (χ0) is 41.2. The number of alkyl halides is 3. The highest BCUT2D eigenvalue weighted by Gasteiger charge is 2.53. The number of piperidine rings is 1. The third-order valence-electron chi connectivity index (χ3n) is 11.7. The molecule has 3 aromatic heterocycles. The van der Waals surface area contributed by atoms with Gasteiger partial charge in [0, 0.05) is 61.2 Å². The van der Waals surface area contributed by atoms with Crippen molar-refractivity contribution in [2.75, 3.05) is 13.1 Å². The number of imide groups is 1. The van der Waals surface area contributed by atoms with Gasteiger partial charge in [0.05, 0.1) is 12.0 Å². The van der Waals surface area contributed by atoms with Crippen LogP contribution in [0, 0.1) is 17.0 Å². The van der Waals surface area contributed by atoms with Gasteiger partial charge in [0.25, 0.3) is 5.91 Å². The van der Waals surface area contributed by atoms with E-state index in [2.05, 4.69) is 45.8 Å². The minimum atomic E-state index is -4.57. The fraction of sp³-hybridized carbons (Fsp3) is 0.400. The Morgan fingerprint density at radius 2 is 1.76 bits per heavy atom. The highest BCUT2D eigenvalue weighted by molar-refractivity contribution is 6.03. The first-order chi connectivity index (χ1) is 27.4. The van der Waals surface area contributed by atoms with Crippen LogP contribution in [0.4, 0.5) is 22.0 Å². The molecule has 0 radical (unpaired) electrons. The number of aromatic nitrogens is 6. The molecule has 1 atom stereocenters. The van der Waals surface area contributed by atoms with Crippen molar-refractivity contribution in [2.45, 2.75) is 82.5 Å². The van der Waals surface area contributed by atoms with Crippen LogP contribution in [0.3, 0.4) is 0 Å². The summed E-state index contributed by atoms with van der Waals surface area (Å²) in [5, 5.41) is 14.7. The van der Waals surface area contributed by atoms with Gasteiger partial charge in [-0.1, -0.05) is 29.4 Å². The van der Waals surface area contributed by atoms with Gasteiger partial charge in [-0.05, 0) is 74.6 Å². The van der Waals surface area contributed by atoms with Gasteiger partial charge in [-0.25, -0.2) is 23.7 Å². The number of halogens is 5. The zero-order valence-electron chi connectivity index (χ0n) is 31.6. The van der Waals surface area contributed by atoms with Crippen molar-refractivity contribution in [3.05, 3.63) is 101 Å². The summed E-state index contributed by atoms with van der Waals surface area (Å²) in [6.45, 7) is 5.61. The van der Waals surface area contributed by atoms with Crippen molar-refractivity contribution in [2.24, 2.45) is 5.41 Å². The molecule has 3 N–H and O–H groups in total. The summed E-state index contributed by atoms with van der Waals surface area (Å²) in [5.74, 6) is -2.71. The first-order valence-corrected chi connectivity index (χ1v) is 18.6. The van der Waals surface area contributed by atoms with E-state index in [0.717, 1.165) is 50.9 Å². The Hall–Kier alpha value is -5.91. The fourth-order valence-corrected chi connectivity index (χ4v) is 8.06. The molecule has 2 saturated heterocycles. The van der Waals surface area contributed by atoms with Crippen LogP contribution in [-0.2, 0) is 33.5 Å². The van der Waals surface area contributed by atoms with Crippen molar-refractivity contribution >= 4 is 17.7 Å². The molecule has 1 saturated carbocycles. The minimum Gasteiger partial charge on any atom is -0.350 e. The third-order valence-corrected chi connectivity index (χ3v) is 11.7. The predicted molar refractivity (Wildman–Crippen MR) is 195 cm³/mol. The summed E-state index contributed by atoms with van der Waals surface area (Å²) in [5.41, 5.74) is -0.347. The van der Waals surface area contributed by atoms with E-state index in [1.807, 2.05) is 12.1 Å². The van der Waals surface area contributed by atoms with Crippen molar-refractivity contribution in [3.63, 3.8) is 0 Å². The summed E-state index contributed by atoms with van der Waals surface area (Å²) in [6, 6.07) is 11.4. The van der Waals surface area contributed by atoms with E-state index in [4.69, 9.17) is 4.52 Å². The number of nitrogens with one attached hydrogen (secondary N) is 3. The van der Waals surface area contributed by atoms with Crippen molar-refractivity contribution < 1.29 is 40.9 Å². The number of hydrogen-bond donors (Lipinski definition) is 3. The number of nitrogens with zero attached hydrogens (tertiary/aromatic N) is 6. The van der Waals surface area contributed by atoms with E-state index in [1.54, 1.807) is 19.1 Å². The van der Waals surface area contributed by atoms with E-state index in [1.165, 1.54) is 30.6 Å². The number of H-pyrrole nitrogens is 1. The number of hydrogen-bond acceptors (Lipinski definition) is 10. The van der Waals surface area contributed by atoms with Crippen molar-refractivity contribution in [3.8, 4) is 22.6 Å². The van der Waals surface area contributed by atoms with Gasteiger partial charge in [0.15, 0.2) is 17.3 Å². The molecule has 1 aliphatic carbocycles. The summed E-state index contributed by atoms with van der Waals surface area (Å²) in [7, 11) is 0. The molecule has 2 aliphatic heterocycles. The fourth-order valence-electron chi connectivity index (χ4n) is 8.06. The average molecular weight is 804 g/mol. The molecule has 3 fully saturated rings. The van der Waals surface area contributed by atoms with Gasteiger partial charge < -0.3 is 9.84 Å². The third kappa shape index (κ3) is 7.13. The molecular formula is C40H38F5N9O4. The van der Waals surface area contributed by atoms with Gasteiger partial charge in [0.2, 0.25) is 17.6 Å². The number of benzene rings is 2. The van der Waals surface area contributed by atoms with Crippen LogP contribution in [0.15, 0.2) is 59.4 Å². The lowest BCUT2D eigenvalue weighted by atomic mass is 9.56. The number of carbonyl (C=O) groups excluding carboxylic acids is 3. The molecule has 3 amide bonds. The molecule has 5 heterocycles. The molecule has 8 rings (SSSR count). The molecule has 3 aliphatic rings. The number of aromatic amines is 1. The van der Waals surface area contributed by atoms with E-state index < -0.39 is 46.3 Å². The standard InChI is InChI=1S/C40H38F5N9O4/c1-37(2,40(43,44)45)35-49-31(51-52-35)17-48-34(56)30-12-29(53-58-30)33-46-15-24(16-47-33)25-6-4-21(10-27(25)41)18-54-19-39(20-54)13-23(14-39)22-5-7-26(28(42)11-22)38(3)9-8-32(55)50-36(38)57/h4-7,10-12,15-16,23H,8-9,13-14,17-20H2,1-3H3,(H,48,56)(H,49,51,52)(H,50,55,57). The Kier molecular flexibility index (Phi) is 9.52. The molecule has 302 valence electrons. The maximum absolute atomic E-state index is 15.4. The lowest BCUT2D eigenvalue weighted by Crippen LogP contribution is -2.61. The quantitative estimate of drug-likeness (QED) is 0.112. The van der Waals surface area contributed by atoms with Crippen LogP contribution in [0.1, 0.15) is 91.3 Å².